The fourth-order valence-corrected chi connectivity index (χ4v) is 2.60. The van der Waals surface area contributed by atoms with E-state index in [0.29, 0.717) is 11.2 Å². The van der Waals surface area contributed by atoms with Gasteiger partial charge in [-0.2, -0.15) is 0 Å². The smallest absolute Gasteiger partial charge is 0.168 e. The molecule has 0 radical (unpaired) electrons. The van der Waals surface area contributed by atoms with E-state index in [1.54, 1.807) is 0 Å². The molecule has 0 amide bonds. The highest BCUT2D eigenvalue weighted by Gasteiger charge is 2.61. The van der Waals surface area contributed by atoms with Crippen molar-refractivity contribution in [2.75, 3.05) is 12.3 Å². The van der Waals surface area contributed by atoms with Crippen molar-refractivity contribution in [3.63, 3.8) is 0 Å². The molecule has 21 heavy (non-hydrogen) atoms. The topological polar surface area (TPSA) is 140 Å². The number of anilines is 1. The molecule has 9 heteroatoms. The molecule has 114 valence electrons. The molecule has 0 saturated carbocycles. The minimum Gasteiger partial charge on any atom is -0.394 e. The van der Waals surface area contributed by atoms with Crippen LogP contribution in [0.25, 0.3) is 11.2 Å². The second-order valence-corrected chi connectivity index (χ2v) is 5.54. The largest absolute Gasteiger partial charge is 0.394 e. The van der Waals surface area contributed by atoms with Crippen molar-refractivity contribution in [2.24, 2.45) is 0 Å². The summed E-state index contributed by atoms with van der Waals surface area (Å²) in [5, 5.41) is 30.5. The van der Waals surface area contributed by atoms with Crippen molar-refractivity contribution in [3.05, 3.63) is 12.7 Å². The summed E-state index contributed by atoms with van der Waals surface area (Å²) in [7, 11) is 0. The number of ether oxygens (including phenoxy) is 1. The fourth-order valence-electron chi connectivity index (χ4n) is 2.60. The monoisotopic (exact) mass is 295 g/mol. The molecular formula is C12H17N5O4. The lowest BCUT2D eigenvalue weighted by Gasteiger charge is -2.35. The SMILES string of the molecule is C[C@]1(O)[C@H](n2cnc3c(N)ncnc32)O[C@H](CO)[C@@]1(C)O. The van der Waals surface area contributed by atoms with E-state index in [1.807, 2.05) is 0 Å². The van der Waals surface area contributed by atoms with E-state index < -0.39 is 30.1 Å². The van der Waals surface area contributed by atoms with Crippen LogP contribution in [0.3, 0.4) is 0 Å². The maximum absolute atomic E-state index is 10.7. The summed E-state index contributed by atoms with van der Waals surface area (Å²) in [6.45, 7) is 2.42. The number of nitrogens with two attached hydrogens (primary N) is 1. The summed E-state index contributed by atoms with van der Waals surface area (Å²) in [4.78, 5) is 12.0. The number of nitrogens with zero attached hydrogens (tertiary/aromatic N) is 4. The fraction of sp³-hybridized carbons (Fsp3) is 0.583. The van der Waals surface area contributed by atoms with Gasteiger partial charge in [0.25, 0.3) is 0 Å². The summed E-state index contributed by atoms with van der Waals surface area (Å²) >= 11 is 0. The number of aliphatic hydroxyl groups excluding tert-OH is 1. The Bertz CT molecular complexity index is 683. The Hall–Kier alpha value is -1.81. The predicted molar refractivity (Wildman–Crippen MR) is 72.0 cm³/mol. The minimum atomic E-state index is -1.66. The van der Waals surface area contributed by atoms with Crippen LogP contribution in [-0.2, 0) is 4.74 Å². The van der Waals surface area contributed by atoms with Gasteiger partial charge in [0.15, 0.2) is 17.7 Å². The van der Waals surface area contributed by atoms with Gasteiger partial charge in [-0.25, -0.2) is 15.0 Å². The van der Waals surface area contributed by atoms with Crippen LogP contribution in [0.2, 0.25) is 0 Å². The highest BCUT2D eigenvalue weighted by Crippen LogP contribution is 2.45. The molecule has 2 aromatic heterocycles. The second kappa shape index (κ2) is 4.34. The number of aliphatic hydroxyl groups is 3. The molecule has 0 aliphatic carbocycles. The number of fused-ring (bicyclic) bond motifs is 1. The number of rotatable bonds is 2. The van der Waals surface area contributed by atoms with Gasteiger partial charge in [-0.1, -0.05) is 0 Å². The van der Waals surface area contributed by atoms with Gasteiger partial charge < -0.3 is 25.8 Å². The van der Waals surface area contributed by atoms with E-state index in [-0.39, 0.29) is 5.82 Å². The number of hydrogen-bond acceptors (Lipinski definition) is 8. The Morgan fingerprint density at radius 3 is 2.62 bits per heavy atom. The van der Waals surface area contributed by atoms with Crippen LogP contribution in [0.5, 0.6) is 0 Å². The van der Waals surface area contributed by atoms with Crippen molar-refractivity contribution in [2.45, 2.75) is 37.4 Å². The second-order valence-electron chi connectivity index (χ2n) is 5.54. The maximum atomic E-state index is 10.7. The summed E-state index contributed by atoms with van der Waals surface area (Å²) < 4.78 is 7.07. The molecule has 0 bridgehead atoms. The average molecular weight is 295 g/mol. The predicted octanol–water partition coefficient (Wildman–Crippen LogP) is -1.20. The van der Waals surface area contributed by atoms with Gasteiger partial charge in [0.2, 0.25) is 0 Å². The van der Waals surface area contributed by atoms with Crippen LogP contribution in [0.15, 0.2) is 12.7 Å². The first-order chi connectivity index (χ1) is 9.80. The quantitative estimate of drug-likeness (QED) is 0.541. The molecule has 1 aliphatic rings. The van der Waals surface area contributed by atoms with Crippen molar-refractivity contribution >= 4 is 17.0 Å². The molecule has 1 aliphatic heterocycles. The van der Waals surface area contributed by atoms with Crippen LogP contribution in [-0.4, -0.2) is 58.8 Å². The third-order valence-electron chi connectivity index (χ3n) is 4.23. The normalized spacial score (nSPS) is 36.4. The summed E-state index contributed by atoms with van der Waals surface area (Å²) in [6, 6.07) is 0. The van der Waals surface area contributed by atoms with E-state index in [0.717, 1.165) is 0 Å². The van der Waals surface area contributed by atoms with Gasteiger partial charge in [-0.15, -0.1) is 0 Å². The van der Waals surface area contributed by atoms with Crippen molar-refractivity contribution < 1.29 is 20.1 Å². The molecule has 9 nitrogen and oxygen atoms in total. The lowest BCUT2D eigenvalue weighted by molar-refractivity contribution is -0.134. The lowest BCUT2D eigenvalue weighted by Crippen LogP contribution is -2.54. The molecule has 3 heterocycles. The Labute approximate surface area is 120 Å². The van der Waals surface area contributed by atoms with Gasteiger partial charge in [-0.3, -0.25) is 4.57 Å². The van der Waals surface area contributed by atoms with E-state index in [4.69, 9.17) is 10.5 Å². The van der Waals surface area contributed by atoms with Gasteiger partial charge in [0.05, 0.1) is 12.9 Å². The zero-order valence-electron chi connectivity index (χ0n) is 11.6. The van der Waals surface area contributed by atoms with E-state index in [2.05, 4.69) is 15.0 Å². The van der Waals surface area contributed by atoms with E-state index >= 15 is 0 Å². The minimum absolute atomic E-state index is 0.210. The van der Waals surface area contributed by atoms with Crippen LogP contribution < -0.4 is 5.73 Å². The maximum Gasteiger partial charge on any atom is 0.168 e. The number of hydrogen-bond donors (Lipinski definition) is 4. The first kappa shape index (κ1) is 14.1. The zero-order valence-corrected chi connectivity index (χ0v) is 11.6. The van der Waals surface area contributed by atoms with Crippen molar-refractivity contribution in [1.82, 2.24) is 19.5 Å². The first-order valence-electron chi connectivity index (χ1n) is 6.44. The summed E-state index contributed by atoms with van der Waals surface area (Å²) in [5.41, 5.74) is 3.18. The van der Waals surface area contributed by atoms with Crippen LogP contribution in [0.4, 0.5) is 5.82 Å². The lowest BCUT2D eigenvalue weighted by atomic mass is 9.83. The van der Waals surface area contributed by atoms with Crippen LogP contribution in [0, 0.1) is 0 Å². The van der Waals surface area contributed by atoms with Gasteiger partial charge >= 0.3 is 0 Å². The highest BCUT2D eigenvalue weighted by atomic mass is 16.6. The highest BCUT2D eigenvalue weighted by molar-refractivity contribution is 5.81. The first-order valence-corrected chi connectivity index (χ1v) is 6.44. The van der Waals surface area contributed by atoms with Gasteiger partial charge in [0.1, 0.15) is 29.2 Å². The average Bonchev–Trinajstić information content (AvgIpc) is 2.90. The molecule has 5 N–H and O–H groups in total. The van der Waals surface area contributed by atoms with Crippen molar-refractivity contribution in [1.29, 1.82) is 0 Å². The molecule has 1 fully saturated rings. The standard InChI is InChI=1S/C12H17N5O4/c1-11(19)6(3-18)21-10(12(11,2)20)17-5-16-7-8(13)14-4-15-9(7)17/h4-6,10,18-20H,3H2,1-2H3,(H2,13,14,15)/t6-,10-,11-,12+/m1/s1. The van der Waals surface area contributed by atoms with Gasteiger partial charge in [-0.05, 0) is 13.8 Å². The molecule has 4 atom stereocenters. The molecule has 2 aromatic rings. The molecule has 0 unspecified atom stereocenters. The molecular weight excluding hydrogens is 278 g/mol. The number of nitrogen functional groups attached to an aromatic ring is 1. The molecule has 3 rings (SSSR count). The molecule has 1 saturated heterocycles. The Kier molecular flexibility index (Phi) is 2.92. The van der Waals surface area contributed by atoms with Crippen LogP contribution in [0.1, 0.15) is 20.1 Å². The van der Waals surface area contributed by atoms with Gasteiger partial charge in [0, 0.05) is 0 Å². The molecule has 0 aromatic carbocycles. The summed E-state index contributed by atoms with van der Waals surface area (Å²) in [5.74, 6) is 0.210. The van der Waals surface area contributed by atoms with Crippen molar-refractivity contribution in [3.8, 4) is 0 Å². The number of aromatic nitrogens is 4. The number of imidazole rings is 1. The molecule has 0 spiro atoms. The Morgan fingerprint density at radius 2 is 2.00 bits per heavy atom. The zero-order chi connectivity index (χ0) is 15.4. The van der Waals surface area contributed by atoms with Crippen LogP contribution >= 0.6 is 0 Å². The Morgan fingerprint density at radius 1 is 1.29 bits per heavy atom. The third kappa shape index (κ3) is 1.75. The Balaban J connectivity index is 2.13. The summed E-state index contributed by atoms with van der Waals surface area (Å²) in [6.07, 6.45) is 0.782. The van der Waals surface area contributed by atoms with E-state index in [1.165, 1.54) is 31.1 Å². The third-order valence-corrected chi connectivity index (χ3v) is 4.23. The van der Waals surface area contributed by atoms with E-state index in [9.17, 15) is 15.3 Å².